The summed E-state index contributed by atoms with van der Waals surface area (Å²) >= 11 is 3.20. The number of nitrogens with zero attached hydrogens (tertiary/aromatic N) is 4. The minimum absolute atomic E-state index is 0.171. The second-order valence-corrected chi connectivity index (χ2v) is 12.3. The third-order valence-electron chi connectivity index (χ3n) is 8.39. The van der Waals surface area contributed by atoms with Gasteiger partial charge in [0.25, 0.3) is 23.6 Å². The smallest absolute Gasteiger partial charge is 0.297 e. The van der Waals surface area contributed by atoms with Crippen molar-refractivity contribution in [3.05, 3.63) is 107 Å². The number of rotatable bonds is 6. The van der Waals surface area contributed by atoms with Gasteiger partial charge in [0, 0.05) is 32.7 Å². The molecule has 12 nitrogen and oxygen atoms in total. The number of urea groups is 2. The lowest BCUT2D eigenvalue weighted by Gasteiger charge is -2.50. The van der Waals surface area contributed by atoms with E-state index in [0.29, 0.717) is 29.7 Å². The summed E-state index contributed by atoms with van der Waals surface area (Å²) in [6, 6.07) is 21.6. The summed E-state index contributed by atoms with van der Waals surface area (Å²) in [6.07, 6.45) is 0. The molecule has 45 heavy (non-hydrogen) atoms. The molecule has 13 heteroatoms. The van der Waals surface area contributed by atoms with Crippen LogP contribution in [0, 0.1) is 6.92 Å². The molecule has 2 N–H and O–H groups in total. The molecular formula is C32H29BrN6O6. The summed E-state index contributed by atoms with van der Waals surface area (Å²) < 4.78 is -2.14. The second-order valence-electron chi connectivity index (χ2n) is 11.1. The standard InChI is InChI=1S/C32H29BrN6O6/c1-21-12-14-22(15-13-21)20-36-16-18-37(19-17-36)32(24-10-6-3-7-11-24)26(41)35-30(45)39(28(32)43)38-27(42)31(33,25(40)34-29(38)44)23-8-4-2-5-9-23/h2-15H,16-20H2,1H3,(H,34,40,44)(H,35,41,45). The van der Waals surface area contributed by atoms with Crippen LogP contribution in [0.15, 0.2) is 84.9 Å². The van der Waals surface area contributed by atoms with E-state index in [9.17, 15) is 28.8 Å². The Hall–Kier alpha value is -4.72. The lowest BCUT2D eigenvalue weighted by atomic mass is 9.83. The number of amides is 8. The van der Waals surface area contributed by atoms with Crippen LogP contribution in [0.25, 0.3) is 0 Å². The topological polar surface area (TPSA) is 139 Å². The molecule has 0 bridgehead atoms. The summed E-state index contributed by atoms with van der Waals surface area (Å²) in [6.45, 7) is 4.19. The van der Waals surface area contributed by atoms with E-state index in [1.54, 1.807) is 53.4 Å². The number of piperazine rings is 1. The molecule has 3 heterocycles. The lowest BCUT2D eigenvalue weighted by molar-refractivity contribution is -0.173. The zero-order valence-electron chi connectivity index (χ0n) is 24.2. The number of carbonyl (C=O) groups is 6. The Morgan fingerprint density at radius 2 is 1.16 bits per heavy atom. The number of benzene rings is 3. The number of hydrazine groups is 1. The van der Waals surface area contributed by atoms with E-state index in [4.69, 9.17) is 0 Å². The van der Waals surface area contributed by atoms with E-state index >= 15 is 0 Å². The molecule has 8 amide bonds. The van der Waals surface area contributed by atoms with Crippen LogP contribution < -0.4 is 10.6 Å². The Morgan fingerprint density at radius 3 is 1.73 bits per heavy atom. The van der Waals surface area contributed by atoms with Crippen LogP contribution in [-0.4, -0.2) is 81.7 Å². The predicted molar refractivity (Wildman–Crippen MR) is 164 cm³/mol. The number of hydrogen-bond acceptors (Lipinski definition) is 8. The molecule has 3 aliphatic heterocycles. The van der Waals surface area contributed by atoms with Gasteiger partial charge in [-0.1, -0.05) is 106 Å². The number of alkyl halides is 1. The first-order valence-electron chi connectivity index (χ1n) is 14.3. The summed E-state index contributed by atoms with van der Waals surface area (Å²) in [4.78, 5) is 86.2. The van der Waals surface area contributed by atoms with Crippen molar-refractivity contribution in [3.8, 4) is 0 Å². The van der Waals surface area contributed by atoms with Gasteiger partial charge in [0.2, 0.25) is 9.86 Å². The Kier molecular flexibility index (Phi) is 7.85. The van der Waals surface area contributed by atoms with Crippen LogP contribution in [0.3, 0.4) is 0 Å². The Balaban J connectivity index is 1.37. The number of carbonyl (C=O) groups excluding carboxylic acids is 6. The Morgan fingerprint density at radius 1 is 0.644 bits per heavy atom. The summed E-state index contributed by atoms with van der Waals surface area (Å²) in [5.41, 5.74) is 0.599. The zero-order chi connectivity index (χ0) is 31.9. The van der Waals surface area contributed by atoms with Gasteiger partial charge in [0.1, 0.15) is 0 Å². The normalized spacial score (nSPS) is 24.9. The third-order valence-corrected chi connectivity index (χ3v) is 9.55. The van der Waals surface area contributed by atoms with Crippen molar-refractivity contribution < 1.29 is 28.8 Å². The molecule has 3 aromatic carbocycles. The maximum absolute atomic E-state index is 14.7. The fourth-order valence-corrected chi connectivity index (χ4v) is 6.56. The van der Waals surface area contributed by atoms with E-state index in [1.807, 2.05) is 19.1 Å². The van der Waals surface area contributed by atoms with Crippen molar-refractivity contribution in [1.82, 2.24) is 30.5 Å². The number of nitrogens with one attached hydrogen (secondary N) is 2. The van der Waals surface area contributed by atoms with Gasteiger partial charge in [-0.3, -0.25) is 39.6 Å². The van der Waals surface area contributed by atoms with Crippen molar-refractivity contribution in [2.75, 3.05) is 26.2 Å². The van der Waals surface area contributed by atoms with Crippen molar-refractivity contribution >= 4 is 51.6 Å². The highest BCUT2D eigenvalue weighted by atomic mass is 79.9. The van der Waals surface area contributed by atoms with Gasteiger partial charge in [-0.05, 0) is 23.6 Å². The summed E-state index contributed by atoms with van der Waals surface area (Å²) in [7, 11) is 0. The maximum Gasteiger partial charge on any atom is 0.350 e. The average Bonchev–Trinajstić information content (AvgIpc) is 3.04. The molecule has 0 spiro atoms. The molecule has 0 saturated carbocycles. The molecule has 2 unspecified atom stereocenters. The first-order chi connectivity index (χ1) is 21.6. The molecule has 6 rings (SSSR count). The third kappa shape index (κ3) is 4.93. The highest BCUT2D eigenvalue weighted by Gasteiger charge is 2.64. The average molecular weight is 674 g/mol. The van der Waals surface area contributed by atoms with Crippen molar-refractivity contribution in [1.29, 1.82) is 0 Å². The maximum atomic E-state index is 14.7. The first kappa shape index (κ1) is 30.3. The van der Waals surface area contributed by atoms with E-state index in [-0.39, 0.29) is 24.2 Å². The van der Waals surface area contributed by atoms with Crippen LogP contribution in [0.5, 0.6) is 0 Å². The van der Waals surface area contributed by atoms with Crippen LogP contribution in [-0.2, 0) is 35.6 Å². The largest absolute Gasteiger partial charge is 0.350 e. The summed E-state index contributed by atoms with van der Waals surface area (Å²) in [5.74, 6) is -4.19. The minimum Gasteiger partial charge on any atom is -0.297 e. The molecule has 0 radical (unpaired) electrons. The van der Waals surface area contributed by atoms with Crippen molar-refractivity contribution in [2.24, 2.45) is 0 Å². The number of barbiturate groups is 2. The predicted octanol–water partition coefficient (Wildman–Crippen LogP) is 2.37. The van der Waals surface area contributed by atoms with Crippen molar-refractivity contribution in [2.45, 2.75) is 23.3 Å². The van der Waals surface area contributed by atoms with Gasteiger partial charge >= 0.3 is 12.1 Å². The highest BCUT2D eigenvalue weighted by molar-refractivity contribution is 9.10. The van der Waals surface area contributed by atoms with E-state index in [1.165, 1.54) is 12.1 Å². The van der Waals surface area contributed by atoms with Crippen LogP contribution >= 0.6 is 15.9 Å². The minimum atomic E-state index is -2.14. The quantitative estimate of drug-likeness (QED) is 0.301. The molecule has 3 aromatic rings. The van der Waals surface area contributed by atoms with Crippen LogP contribution in [0.1, 0.15) is 22.3 Å². The number of imide groups is 4. The van der Waals surface area contributed by atoms with Crippen LogP contribution in [0.2, 0.25) is 0 Å². The first-order valence-corrected chi connectivity index (χ1v) is 15.1. The van der Waals surface area contributed by atoms with Gasteiger partial charge in [-0.2, -0.15) is 10.0 Å². The van der Waals surface area contributed by atoms with E-state index in [2.05, 4.69) is 43.6 Å². The van der Waals surface area contributed by atoms with Crippen molar-refractivity contribution in [3.63, 3.8) is 0 Å². The molecule has 3 saturated heterocycles. The fraction of sp³-hybridized carbons (Fsp3) is 0.250. The number of halogens is 1. The Labute approximate surface area is 267 Å². The molecule has 2 atom stereocenters. The monoisotopic (exact) mass is 672 g/mol. The second kappa shape index (κ2) is 11.7. The molecule has 3 fully saturated rings. The molecule has 0 aromatic heterocycles. The fourth-order valence-electron chi connectivity index (χ4n) is 6.03. The molecular weight excluding hydrogens is 644 g/mol. The van der Waals surface area contributed by atoms with E-state index < -0.39 is 45.6 Å². The van der Waals surface area contributed by atoms with E-state index in [0.717, 1.165) is 11.1 Å². The van der Waals surface area contributed by atoms with Crippen LogP contribution in [0.4, 0.5) is 9.59 Å². The number of aryl methyl sites for hydroxylation is 1. The molecule has 3 aliphatic rings. The van der Waals surface area contributed by atoms with Gasteiger partial charge in [0.15, 0.2) is 0 Å². The van der Waals surface area contributed by atoms with Gasteiger partial charge in [-0.25, -0.2) is 9.59 Å². The highest BCUT2D eigenvalue weighted by Crippen LogP contribution is 2.40. The van der Waals surface area contributed by atoms with Gasteiger partial charge in [-0.15, -0.1) is 0 Å². The Bertz CT molecular complexity index is 1700. The van der Waals surface area contributed by atoms with Gasteiger partial charge in [0.05, 0.1) is 0 Å². The number of hydrogen-bond donors (Lipinski definition) is 2. The SMILES string of the molecule is Cc1ccc(CN2CCN(C3(c4ccccc4)C(=O)NC(=O)N(N4C(=O)NC(=O)C(Br)(c5ccccc5)C4=O)C3=O)CC2)cc1. The lowest BCUT2D eigenvalue weighted by Crippen LogP contribution is -2.79. The summed E-state index contributed by atoms with van der Waals surface area (Å²) in [5, 5.41) is 4.92. The zero-order valence-corrected chi connectivity index (χ0v) is 25.8. The molecule has 0 aliphatic carbocycles. The molecule has 230 valence electrons. The van der Waals surface area contributed by atoms with Gasteiger partial charge < -0.3 is 0 Å².